The predicted octanol–water partition coefficient (Wildman–Crippen LogP) is 0.979. The van der Waals surface area contributed by atoms with Crippen molar-refractivity contribution in [3.63, 3.8) is 0 Å². The number of nitrogens with zero attached hydrogens (tertiary/aromatic N) is 3. The summed E-state index contributed by atoms with van der Waals surface area (Å²) >= 11 is 0. The average Bonchev–Trinajstić information content (AvgIpc) is 2.75. The van der Waals surface area contributed by atoms with Crippen LogP contribution < -0.4 is 5.73 Å². The van der Waals surface area contributed by atoms with Gasteiger partial charge in [-0.2, -0.15) is 0 Å². The van der Waals surface area contributed by atoms with Gasteiger partial charge in [0.2, 0.25) is 0 Å². The van der Waals surface area contributed by atoms with Gasteiger partial charge in [0.25, 0.3) is 0 Å². The SMILES string of the molecule is NCc1cncn1CCc1ccccn1. The van der Waals surface area contributed by atoms with E-state index in [9.17, 15) is 0 Å². The van der Waals surface area contributed by atoms with Crippen LogP contribution in [0.1, 0.15) is 11.4 Å². The second-order valence-electron chi connectivity index (χ2n) is 3.35. The van der Waals surface area contributed by atoms with Gasteiger partial charge in [0.1, 0.15) is 0 Å². The molecule has 2 N–H and O–H groups in total. The van der Waals surface area contributed by atoms with E-state index in [0.717, 1.165) is 24.4 Å². The zero-order valence-electron chi connectivity index (χ0n) is 8.50. The Morgan fingerprint density at radius 2 is 2.27 bits per heavy atom. The van der Waals surface area contributed by atoms with E-state index in [1.165, 1.54) is 0 Å². The number of hydrogen-bond acceptors (Lipinski definition) is 3. The van der Waals surface area contributed by atoms with Crippen LogP contribution in [-0.2, 0) is 19.5 Å². The first kappa shape index (κ1) is 9.86. The van der Waals surface area contributed by atoms with Gasteiger partial charge in [-0.1, -0.05) is 6.07 Å². The van der Waals surface area contributed by atoms with E-state index in [4.69, 9.17) is 5.73 Å². The fourth-order valence-corrected chi connectivity index (χ4v) is 1.50. The third-order valence-corrected chi connectivity index (χ3v) is 2.34. The molecule has 4 heteroatoms. The topological polar surface area (TPSA) is 56.7 Å². The van der Waals surface area contributed by atoms with Crippen LogP contribution in [0, 0.1) is 0 Å². The zero-order chi connectivity index (χ0) is 10.5. The van der Waals surface area contributed by atoms with E-state index in [0.29, 0.717) is 6.54 Å². The number of pyridine rings is 1. The maximum atomic E-state index is 5.59. The molecule has 0 fully saturated rings. The Balaban J connectivity index is 1.99. The fourth-order valence-electron chi connectivity index (χ4n) is 1.50. The smallest absolute Gasteiger partial charge is 0.0948 e. The number of hydrogen-bond donors (Lipinski definition) is 1. The molecule has 0 bridgehead atoms. The highest BCUT2D eigenvalue weighted by atomic mass is 15.0. The lowest BCUT2D eigenvalue weighted by Gasteiger charge is -2.05. The Bertz CT molecular complexity index is 408. The van der Waals surface area contributed by atoms with Crippen LogP contribution in [0.25, 0.3) is 0 Å². The van der Waals surface area contributed by atoms with Crippen molar-refractivity contribution in [2.45, 2.75) is 19.5 Å². The van der Waals surface area contributed by atoms with Crippen LogP contribution in [0.3, 0.4) is 0 Å². The Morgan fingerprint density at radius 3 is 3.00 bits per heavy atom. The van der Waals surface area contributed by atoms with Crippen molar-refractivity contribution >= 4 is 0 Å². The number of rotatable bonds is 4. The van der Waals surface area contributed by atoms with Gasteiger partial charge in [0.15, 0.2) is 0 Å². The molecule has 0 saturated heterocycles. The molecule has 2 aromatic rings. The quantitative estimate of drug-likeness (QED) is 0.804. The summed E-state index contributed by atoms with van der Waals surface area (Å²) in [5, 5.41) is 0. The van der Waals surface area contributed by atoms with E-state index in [1.54, 1.807) is 6.20 Å². The molecule has 0 radical (unpaired) electrons. The van der Waals surface area contributed by atoms with E-state index in [-0.39, 0.29) is 0 Å². The zero-order valence-corrected chi connectivity index (χ0v) is 8.50. The van der Waals surface area contributed by atoms with Crippen LogP contribution in [0.5, 0.6) is 0 Å². The summed E-state index contributed by atoms with van der Waals surface area (Å²) in [6.07, 6.45) is 6.33. The van der Waals surface area contributed by atoms with Gasteiger partial charge in [0, 0.05) is 37.6 Å². The highest BCUT2D eigenvalue weighted by Gasteiger charge is 2.00. The first-order valence-electron chi connectivity index (χ1n) is 4.99. The molecule has 0 aromatic carbocycles. The normalized spacial score (nSPS) is 10.5. The predicted molar refractivity (Wildman–Crippen MR) is 58.1 cm³/mol. The third-order valence-electron chi connectivity index (χ3n) is 2.34. The fraction of sp³-hybridized carbons (Fsp3) is 0.273. The molecule has 15 heavy (non-hydrogen) atoms. The van der Waals surface area contributed by atoms with Crippen molar-refractivity contribution in [3.05, 3.63) is 48.3 Å². The van der Waals surface area contributed by atoms with E-state index < -0.39 is 0 Å². The van der Waals surface area contributed by atoms with Crippen molar-refractivity contribution in [2.75, 3.05) is 0 Å². The van der Waals surface area contributed by atoms with Crippen molar-refractivity contribution in [1.29, 1.82) is 0 Å². The van der Waals surface area contributed by atoms with Gasteiger partial charge >= 0.3 is 0 Å². The van der Waals surface area contributed by atoms with Gasteiger partial charge in [-0.25, -0.2) is 4.98 Å². The largest absolute Gasteiger partial charge is 0.333 e. The second-order valence-corrected chi connectivity index (χ2v) is 3.35. The number of aryl methyl sites for hydroxylation is 2. The van der Waals surface area contributed by atoms with Crippen LogP contribution in [0.2, 0.25) is 0 Å². The van der Waals surface area contributed by atoms with Gasteiger partial charge in [-0.05, 0) is 12.1 Å². The van der Waals surface area contributed by atoms with Gasteiger partial charge in [0.05, 0.1) is 12.0 Å². The highest BCUT2D eigenvalue weighted by molar-refractivity contribution is 5.04. The first-order valence-corrected chi connectivity index (χ1v) is 4.99. The molecule has 4 nitrogen and oxygen atoms in total. The van der Waals surface area contributed by atoms with Gasteiger partial charge in [-0.3, -0.25) is 4.98 Å². The maximum Gasteiger partial charge on any atom is 0.0948 e. The minimum Gasteiger partial charge on any atom is -0.333 e. The molecular formula is C11H14N4. The lowest BCUT2D eigenvalue weighted by molar-refractivity contribution is 0.652. The van der Waals surface area contributed by atoms with Crippen molar-refractivity contribution < 1.29 is 0 Å². The summed E-state index contributed by atoms with van der Waals surface area (Å²) in [6.45, 7) is 1.41. The lowest BCUT2D eigenvalue weighted by atomic mass is 10.2. The highest BCUT2D eigenvalue weighted by Crippen LogP contribution is 2.01. The summed E-state index contributed by atoms with van der Waals surface area (Å²) in [5.74, 6) is 0. The Hall–Kier alpha value is -1.68. The Labute approximate surface area is 88.8 Å². The van der Waals surface area contributed by atoms with Gasteiger partial charge in [-0.15, -0.1) is 0 Å². The number of nitrogens with two attached hydrogens (primary N) is 1. The lowest BCUT2D eigenvalue weighted by Crippen LogP contribution is -2.08. The van der Waals surface area contributed by atoms with Crippen LogP contribution >= 0.6 is 0 Å². The molecule has 0 atom stereocenters. The minimum atomic E-state index is 0.530. The third kappa shape index (κ3) is 2.41. The summed E-state index contributed by atoms with van der Waals surface area (Å²) in [4.78, 5) is 8.34. The van der Waals surface area contributed by atoms with Crippen molar-refractivity contribution in [3.8, 4) is 0 Å². The number of imidazole rings is 1. The van der Waals surface area contributed by atoms with E-state index in [1.807, 2.05) is 30.7 Å². The van der Waals surface area contributed by atoms with Gasteiger partial charge < -0.3 is 10.3 Å². The average molecular weight is 202 g/mol. The molecular weight excluding hydrogens is 188 g/mol. The van der Waals surface area contributed by atoms with Crippen LogP contribution in [-0.4, -0.2) is 14.5 Å². The molecule has 78 valence electrons. The van der Waals surface area contributed by atoms with E-state index in [2.05, 4.69) is 14.5 Å². The summed E-state index contributed by atoms with van der Waals surface area (Å²) in [5.41, 5.74) is 7.74. The second kappa shape index (κ2) is 4.70. The molecule has 0 saturated carbocycles. The minimum absolute atomic E-state index is 0.530. The monoisotopic (exact) mass is 202 g/mol. The summed E-state index contributed by atoms with van der Waals surface area (Å²) < 4.78 is 2.06. The van der Waals surface area contributed by atoms with Crippen molar-refractivity contribution in [1.82, 2.24) is 14.5 Å². The van der Waals surface area contributed by atoms with Crippen LogP contribution in [0.4, 0.5) is 0 Å². The molecule has 0 aliphatic carbocycles. The first-order chi connectivity index (χ1) is 7.40. The van der Waals surface area contributed by atoms with E-state index >= 15 is 0 Å². The standard InChI is InChI=1S/C11H14N4/c12-7-11-8-13-9-15(11)6-4-10-3-1-2-5-14-10/h1-3,5,8-9H,4,6-7,12H2. The molecule has 2 aromatic heterocycles. The van der Waals surface area contributed by atoms with Crippen molar-refractivity contribution in [2.24, 2.45) is 5.73 Å². The molecule has 0 aliphatic heterocycles. The van der Waals surface area contributed by atoms with Crippen LogP contribution in [0.15, 0.2) is 36.9 Å². The molecule has 0 unspecified atom stereocenters. The Kier molecular flexibility index (Phi) is 3.09. The molecule has 2 heterocycles. The number of aromatic nitrogens is 3. The molecule has 2 rings (SSSR count). The summed E-state index contributed by atoms with van der Waals surface area (Å²) in [6, 6.07) is 5.95. The Morgan fingerprint density at radius 1 is 1.33 bits per heavy atom. The molecule has 0 spiro atoms. The molecule has 0 amide bonds. The molecule has 0 aliphatic rings. The summed E-state index contributed by atoms with van der Waals surface area (Å²) in [7, 11) is 0. The maximum absolute atomic E-state index is 5.59.